The quantitative estimate of drug-likeness (QED) is 0.753. The minimum atomic E-state index is 0.644. The molecule has 0 aliphatic heterocycles. The van der Waals surface area contributed by atoms with Gasteiger partial charge in [-0.3, -0.25) is 4.98 Å². The van der Waals surface area contributed by atoms with Crippen LogP contribution in [0.3, 0.4) is 0 Å². The second kappa shape index (κ2) is 6.37. The Morgan fingerprint density at radius 1 is 1.47 bits per heavy atom. The maximum Gasteiger partial charge on any atom is 0.0637 e. The van der Waals surface area contributed by atoms with Crippen LogP contribution in [0.4, 0.5) is 5.69 Å². The zero-order chi connectivity index (χ0) is 11.1. The fraction of sp³-hybridized carbons (Fsp3) is 0.545. The molecule has 0 saturated heterocycles. The molecule has 0 aliphatic rings. The highest BCUT2D eigenvalue weighted by atomic mass is 16.5. The Balaban J connectivity index is 2.74. The smallest absolute Gasteiger partial charge is 0.0637 e. The van der Waals surface area contributed by atoms with Crippen molar-refractivity contribution in [1.82, 2.24) is 4.98 Å². The number of nitrogens with zero attached hydrogens (tertiary/aromatic N) is 2. The van der Waals surface area contributed by atoms with Crippen molar-refractivity contribution < 1.29 is 4.74 Å². The van der Waals surface area contributed by atoms with E-state index in [1.807, 2.05) is 12.3 Å². The number of anilines is 1. The van der Waals surface area contributed by atoms with Gasteiger partial charge >= 0.3 is 0 Å². The Kier molecular flexibility index (Phi) is 5.07. The van der Waals surface area contributed by atoms with Crippen LogP contribution in [0.15, 0.2) is 18.5 Å². The van der Waals surface area contributed by atoms with E-state index in [-0.39, 0.29) is 0 Å². The number of aryl methyl sites for hydroxylation is 1. The molecule has 0 radical (unpaired) electrons. The molecule has 0 fully saturated rings. The molecule has 1 heterocycles. The molecule has 0 aromatic carbocycles. The van der Waals surface area contributed by atoms with Crippen LogP contribution >= 0.6 is 0 Å². The van der Waals surface area contributed by atoms with Gasteiger partial charge in [-0.15, -0.1) is 0 Å². The highest BCUT2D eigenvalue weighted by Gasteiger charge is 2.07. The number of ether oxygens (including phenoxy) is 1. The zero-order valence-corrected chi connectivity index (χ0v) is 9.44. The first-order chi connectivity index (χ1) is 7.29. The molecule has 0 amide bonds. The minimum Gasteiger partial charge on any atom is -0.383 e. The second-order valence-electron chi connectivity index (χ2n) is 3.43. The first-order valence-corrected chi connectivity index (χ1v) is 5.14. The Morgan fingerprint density at radius 3 is 2.87 bits per heavy atom. The van der Waals surface area contributed by atoms with Gasteiger partial charge in [0.15, 0.2) is 0 Å². The minimum absolute atomic E-state index is 0.644. The van der Waals surface area contributed by atoms with Crippen molar-refractivity contribution in [3.63, 3.8) is 0 Å². The summed E-state index contributed by atoms with van der Waals surface area (Å²) in [6, 6.07) is 2.01. The molecule has 1 aromatic heterocycles. The highest BCUT2D eigenvalue weighted by molar-refractivity contribution is 5.51. The molecular weight excluding hydrogens is 190 g/mol. The van der Waals surface area contributed by atoms with E-state index >= 15 is 0 Å². The van der Waals surface area contributed by atoms with E-state index in [0.717, 1.165) is 13.1 Å². The molecule has 84 valence electrons. The van der Waals surface area contributed by atoms with Gasteiger partial charge in [0.1, 0.15) is 0 Å². The van der Waals surface area contributed by atoms with Crippen molar-refractivity contribution >= 4 is 5.69 Å². The molecule has 4 heteroatoms. The molecule has 0 unspecified atom stereocenters. The van der Waals surface area contributed by atoms with Crippen molar-refractivity contribution in [1.29, 1.82) is 0 Å². The summed E-state index contributed by atoms with van der Waals surface area (Å²) in [5.41, 5.74) is 7.95. The molecule has 0 atom stereocenters. The summed E-state index contributed by atoms with van der Waals surface area (Å²) in [7, 11) is 1.71. The van der Waals surface area contributed by atoms with Crippen LogP contribution < -0.4 is 10.6 Å². The first-order valence-electron chi connectivity index (χ1n) is 5.14. The fourth-order valence-electron chi connectivity index (χ4n) is 1.53. The van der Waals surface area contributed by atoms with E-state index in [2.05, 4.69) is 16.8 Å². The standard InChI is InChI=1S/C11H19N3O/c1-10-9-13-5-3-11(10)14(6-4-12)7-8-15-2/h3,5,9H,4,6-8,12H2,1-2H3. The average molecular weight is 209 g/mol. The summed E-state index contributed by atoms with van der Waals surface area (Å²) in [4.78, 5) is 6.30. The highest BCUT2D eigenvalue weighted by Crippen LogP contribution is 2.17. The Morgan fingerprint density at radius 2 is 2.27 bits per heavy atom. The predicted octanol–water partition coefficient (Wildman–Crippen LogP) is 0.802. The summed E-state index contributed by atoms with van der Waals surface area (Å²) < 4.78 is 5.08. The largest absolute Gasteiger partial charge is 0.383 e. The van der Waals surface area contributed by atoms with Crippen LogP contribution in [0, 0.1) is 6.92 Å². The third-order valence-corrected chi connectivity index (χ3v) is 2.30. The lowest BCUT2D eigenvalue weighted by Gasteiger charge is -2.25. The Bertz CT molecular complexity index is 291. The lowest BCUT2D eigenvalue weighted by atomic mass is 10.2. The van der Waals surface area contributed by atoms with Gasteiger partial charge in [-0.05, 0) is 18.6 Å². The van der Waals surface area contributed by atoms with Crippen LogP contribution in [-0.2, 0) is 4.74 Å². The number of hydrogen-bond donors (Lipinski definition) is 1. The number of methoxy groups -OCH3 is 1. The van der Waals surface area contributed by atoms with Gasteiger partial charge in [-0.1, -0.05) is 0 Å². The number of aromatic nitrogens is 1. The Labute approximate surface area is 91.1 Å². The first kappa shape index (κ1) is 11.9. The van der Waals surface area contributed by atoms with Crippen LogP contribution in [-0.4, -0.2) is 38.3 Å². The zero-order valence-electron chi connectivity index (χ0n) is 9.44. The topological polar surface area (TPSA) is 51.4 Å². The third kappa shape index (κ3) is 3.49. The molecule has 15 heavy (non-hydrogen) atoms. The van der Waals surface area contributed by atoms with Gasteiger partial charge in [0.05, 0.1) is 6.61 Å². The van der Waals surface area contributed by atoms with Crippen molar-refractivity contribution in [2.24, 2.45) is 5.73 Å². The second-order valence-corrected chi connectivity index (χ2v) is 3.43. The molecule has 0 spiro atoms. The molecular formula is C11H19N3O. The van der Waals surface area contributed by atoms with E-state index in [0.29, 0.717) is 13.2 Å². The van der Waals surface area contributed by atoms with E-state index in [4.69, 9.17) is 10.5 Å². The lowest BCUT2D eigenvalue weighted by molar-refractivity contribution is 0.205. The molecule has 4 nitrogen and oxygen atoms in total. The average Bonchev–Trinajstić information content (AvgIpc) is 2.25. The van der Waals surface area contributed by atoms with Crippen LogP contribution in [0.25, 0.3) is 0 Å². The van der Waals surface area contributed by atoms with Crippen LogP contribution in [0.1, 0.15) is 5.56 Å². The van der Waals surface area contributed by atoms with E-state index in [1.54, 1.807) is 13.3 Å². The van der Waals surface area contributed by atoms with Gasteiger partial charge < -0.3 is 15.4 Å². The maximum absolute atomic E-state index is 5.59. The molecule has 0 bridgehead atoms. The van der Waals surface area contributed by atoms with Crippen molar-refractivity contribution in [3.8, 4) is 0 Å². The summed E-state index contributed by atoms with van der Waals surface area (Å²) in [5.74, 6) is 0. The van der Waals surface area contributed by atoms with Gasteiger partial charge in [0, 0.05) is 44.8 Å². The summed E-state index contributed by atoms with van der Waals surface area (Å²) >= 11 is 0. The van der Waals surface area contributed by atoms with E-state index < -0.39 is 0 Å². The monoisotopic (exact) mass is 209 g/mol. The van der Waals surface area contributed by atoms with Crippen molar-refractivity contribution in [2.75, 3.05) is 38.3 Å². The summed E-state index contributed by atoms with van der Waals surface area (Å²) in [5, 5.41) is 0. The molecule has 1 rings (SSSR count). The molecule has 0 saturated carbocycles. The normalized spacial score (nSPS) is 10.3. The molecule has 1 aromatic rings. The predicted molar refractivity (Wildman–Crippen MR) is 62.1 cm³/mol. The van der Waals surface area contributed by atoms with Crippen molar-refractivity contribution in [3.05, 3.63) is 24.0 Å². The number of rotatable bonds is 6. The van der Waals surface area contributed by atoms with Crippen molar-refractivity contribution in [2.45, 2.75) is 6.92 Å². The van der Waals surface area contributed by atoms with E-state index in [9.17, 15) is 0 Å². The molecule has 0 aliphatic carbocycles. The lowest BCUT2D eigenvalue weighted by Crippen LogP contribution is -2.32. The summed E-state index contributed by atoms with van der Waals surface area (Å²) in [6.45, 7) is 5.11. The van der Waals surface area contributed by atoms with E-state index in [1.165, 1.54) is 11.3 Å². The Hall–Kier alpha value is -1.13. The van der Waals surface area contributed by atoms with Gasteiger partial charge in [-0.25, -0.2) is 0 Å². The molecule has 2 N–H and O–H groups in total. The number of hydrogen-bond acceptors (Lipinski definition) is 4. The number of nitrogens with two attached hydrogens (primary N) is 1. The third-order valence-electron chi connectivity index (χ3n) is 2.30. The maximum atomic E-state index is 5.59. The fourth-order valence-corrected chi connectivity index (χ4v) is 1.53. The number of pyridine rings is 1. The van der Waals surface area contributed by atoms with Crippen LogP contribution in [0.5, 0.6) is 0 Å². The van der Waals surface area contributed by atoms with Crippen LogP contribution in [0.2, 0.25) is 0 Å². The van der Waals surface area contributed by atoms with Gasteiger partial charge in [0.25, 0.3) is 0 Å². The van der Waals surface area contributed by atoms with Gasteiger partial charge in [-0.2, -0.15) is 0 Å². The summed E-state index contributed by atoms with van der Waals surface area (Å²) in [6.07, 6.45) is 3.67. The van der Waals surface area contributed by atoms with Gasteiger partial charge in [0.2, 0.25) is 0 Å². The SMILES string of the molecule is COCCN(CCN)c1ccncc1C.